The van der Waals surface area contributed by atoms with Gasteiger partial charge in [-0.05, 0) is 12.1 Å². The molecule has 0 amide bonds. The molecule has 94 valence electrons. The standard InChI is InChI=1S/C11H8N2.4H2O/c1-2-4-10-8(3-1)9-5-6-12-7-11(9)13-10;;;;/h1-7,13H;4*1H2. The number of aromatic amines is 1. The fourth-order valence-electron chi connectivity index (χ4n) is 1.70. The van der Waals surface area contributed by atoms with Gasteiger partial charge in [0.25, 0.3) is 0 Å². The van der Waals surface area contributed by atoms with Gasteiger partial charge < -0.3 is 26.9 Å². The Bertz CT molecular complexity index is 529. The SMILES string of the molecule is O.O.O.O.c1ccc2c(c1)[nH]c1cnccc12. The number of aromatic nitrogens is 2. The molecule has 3 aromatic rings. The van der Waals surface area contributed by atoms with Gasteiger partial charge in [-0.2, -0.15) is 0 Å². The zero-order chi connectivity index (χ0) is 8.67. The van der Waals surface area contributed by atoms with E-state index in [4.69, 9.17) is 0 Å². The van der Waals surface area contributed by atoms with Crippen molar-refractivity contribution in [2.75, 3.05) is 0 Å². The molecule has 6 nitrogen and oxygen atoms in total. The largest absolute Gasteiger partial charge is 0.412 e. The summed E-state index contributed by atoms with van der Waals surface area (Å²) in [4.78, 5) is 7.39. The molecule has 1 aromatic carbocycles. The van der Waals surface area contributed by atoms with E-state index in [-0.39, 0.29) is 21.9 Å². The molecule has 0 unspecified atom stereocenters. The third-order valence-corrected chi connectivity index (χ3v) is 2.31. The summed E-state index contributed by atoms with van der Waals surface area (Å²) in [5.41, 5.74) is 2.27. The molecule has 9 N–H and O–H groups in total. The van der Waals surface area contributed by atoms with E-state index >= 15 is 0 Å². The first-order valence-electron chi connectivity index (χ1n) is 4.25. The van der Waals surface area contributed by atoms with E-state index in [0.29, 0.717) is 0 Å². The van der Waals surface area contributed by atoms with Crippen LogP contribution in [-0.4, -0.2) is 31.9 Å². The van der Waals surface area contributed by atoms with E-state index in [1.165, 1.54) is 16.3 Å². The number of H-pyrrole nitrogens is 1. The number of rotatable bonds is 0. The Morgan fingerprint density at radius 1 is 0.765 bits per heavy atom. The molecule has 6 heteroatoms. The van der Waals surface area contributed by atoms with E-state index in [9.17, 15) is 0 Å². The van der Waals surface area contributed by atoms with Gasteiger partial charge in [-0.3, -0.25) is 4.98 Å². The first-order valence-corrected chi connectivity index (χ1v) is 4.25. The third-order valence-electron chi connectivity index (χ3n) is 2.31. The molecule has 0 aliphatic heterocycles. The van der Waals surface area contributed by atoms with Gasteiger partial charge in [0, 0.05) is 22.5 Å². The molecule has 2 aromatic heterocycles. The van der Waals surface area contributed by atoms with E-state index in [1.807, 2.05) is 24.5 Å². The van der Waals surface area contributed by atoms with Gasteiger partial charge in [0.2, 0.25) is 0 Å². The quantitative estimate of drug-likeness (QED) is 0.548. The van der Waals surface area contributed by atoms with Crippen LogP contribution in [0.3, 0.4) is 0 Å². The molecule has 0 saturated heterocycles. The highest BCUT2D eigenvalue weighted by Crippen LogP contribution is 2.23. The molecular formula is C11H16N2O4. The molecule has 0 bridgehead atoms. The summed E-state index contributed by atoms with van der Waals surface area (Å²) < 4.78 is 0. The number of nitrogens with zero attached hydrogens (tertiary/aromatic N) is 1. The van der Waals surface area contributed by atoms with Crippen molar-refractivity contribution in [2.24, 2.45) is 0 Å². The molecule has 0 saturated carbocycles. The van der Waals surface area contributed by atoms with Crippen molar-refractivity contribution in [1.82, 2.24) is 9.97 Å². The third kappa shape index (κ3) is 2.58. The highest BCUT2D eigenvalue weighted by Gasteiger charge is 2.00. The fourth-order valence-corrected chi connectivity index (χ4v) is 1.70. The second-order valence-electron chi connectivity index (χ2n) is 3.09. The van der Waals surface area contributed by atoms with Gasteiger partial charge in [-0.15, -0.1) is 0 Å². The van der Waals surface area contributed by atoms with Gasteiger partial charge in [0.05, 0.1) is 11.7 Å². The lowest BCUT2D eigenvalue weighted by atomic mass is 10.2. The monoisotopic (exact) mass is 240 g/mol. The normalized spacial score (nSPS) is 8.47. The Morgan fingerprint density at radius 2 is 1.41 bits per heavy atom. The predicted molar refractivity (Wildman–Crippen MR) is 68.1 cm³/mol. The average molecular weight is 240 g/mol. The Labute approximate surface area is 97.1 Å². The van der Waals surface area contributed by atoms with Crippen LogP contribution in [0.15, 0.2) is 42.7 Å². The number of hydrogen-bond acceptors (Lipinski definition) is 1. The predicted octanol–water partition coefficient (Wildman–Crippen LogP) is -0.583. The van der Waals surface area contributed by atoms with Crippen LogP contribution in [0.1, 0.15) is 0 Å². The summed E-state index contributed by atoms with van der Waals surface area (Å²) in [5.74, 6) is 0. The number of nitrogens with one attached hydrogen (secondary N) is 1. The molecule has 0 radical (unpaired) electrons. The maximum absolute atomic E-state index is 4.08. The minimum Gasteiger partial charge on any atom is -0.412 e. The van der Waals surface area contributed by atoms with Crippen molar-refractivity contribution in [1.29, 1.82) is 0 Å². The number of fused-ring (bicyclic) bond motifs is 3. The highest BCUT2D eigenvalue weighted by molar-refractivity contribution is 6.06. The maximum Gasteiger partial charge on any atom is 0.0651 e. The highest BCUT2D eigenvalue weighted by atomic mass is 16.0. The molecule has 0 aliphatic rings. The Balaban J connectivity index is 0. The number of benzene rings is 1. The Morgan fingerprint density at radius 3 is 2.18 bits per heavy atom. The lowest BCUT2D eigenvalue weighted by Gasteiger charge is -1.87. The van der Waals surface area contributed by atoms with Gasteiger partial charge >= 0.3 is 0 Å². The van der Waals surface area contributed by atoms with E-state index in [2.05, 4.69) is 28.2 Å². The first kappa shape index (κ1) is 17.4. The topological polar surface area (TPSA) is 155 Å². The minimum atomic E-state index is 0. The summed E-state index contributed by atoms with van der Waals surface area (Å²) in [7, 11) is 0. The van der Waals surface area contributed by atoms with Gasteiger partial charge in [0.1, 0.15) is 0 Å². The summed E-state index contributed by atoms with van der Waals surface area (Å²) in [6, 6.07) is 10.3. The number of para-hydroxylation sites is 1. The van der Waals surface area contributed by atoms with Crippen LogP contribution < -0.4 is 0 Å². The van der Waals surface area contributed by atoms with Gasteiger partial charge in [0.15, 0.2) is 0 Å². The van der Waals surface area contributed by atoms with Gasteiger partial charge in [-0.25, -0.2) is 0 Å². The summed E-state index contributed by atoms with van der Waals surface area (Å²) >= 11 is 0. The molecule has 0 aliphatic carbocycles. The van der Waals surface area contributed by atoms with Crippen molar-refractivity contribution < 1.29 is 21.9 Å². The zero-order valence-corrected chi connectivity index (χ0v) is 8.99. The lowest BCUT2D eigenvalue weighted by molar-refractivity contribution is 0.823. The molecular weight excluding hydrogens is 224 g/mol. The summed E-state index contributed by atoms with van der Waals surface area (Å²) in [6.07, 6.45) is 3.68. The van der Waals surface area contributed by atoms with Gasteiger partial charge in [-0.1, -0.05) is 18.2 Å². The number of pyridine rings is 1. The Hall–Kier alpha value is -1.99. The van der Waals surface area contributed by atoms with Crippen LogP contribution in [0.25, 0.3) is 21.8 Å². The zero-order valence-electron chi connectivity index (χ0n) is 8.99. The first-order chi connectivity index (χ1) is 6.45. The van der Waals surface area contributed by atoms with Crippen LogP contribution in [0.2, 0.25) is 0 Å². The van der Waals surface area contributed by atoms with Crippen LogP contribution in [-0.2, 0) is 0 Å². The maximum atomic E-state index is 4.08. The smallest absolute Gasteiger partial charge is 0.0651 e. The van der Waals surface area contributed by atoms with E-state index in [0.717, 1.165) is 5.52 Å². The molecule has 2 heterocycles. The van der Waals surface area contributed by atoms with Crippen molar-refractivity contribution in [2.45, 2.75) is 0 Å². The second kappa shape index (κ2) is 6.56. The van der Waals surface area contributed by atoms with Crippen molar-refractivity contribution in [3.63, 3.8) is 0 Å². The second-order valence-corrected chi connectivity index (χ2v) is 3.09. The summed E-state index contributed by atoms with van der Waals surface area (Å²) in [6.45, 7) is 0. The van der Waals surface area contributed by atoms with Crippen LogP contribution in [0, 0.1) is 0 Å². The summed E-state index contributed by atoms with van der Waals surface area (Å²) in [5, 5.41) is 2.51. The fraction of sp³-hybridized carbons (Fsp3) is 0. The van der Waals surface area contributed by atoms with Crippen molar-refractivity contribution >= 4 is 21.8 Å². The van der Waals surface area contributed by atoms with E-state index < -0.39 is 0 Å². The van der Waals surface area contributed by atoms with Crippen molar-refractivity contribution in [3.8, 4) is 0 Å². The van der Waals surface area contributed by atoms with Crippen LogP contribution in [0.5, 0.6) is 0 Å². The Kier molecular flexibility index (Phi) is 6.72. The molecule has 0 atom stereocenters. The van der Waals surface area contributed by atoms with Crippen LogP contribution >= 0.6 is 0 Å². The molecule has 0 spiro atoms. The minimum absolute atomic E-state index is 0. The van der Waals surface area contributed by atoms with E-state index in [1.54, 1.807) is 0 Å². The molecule has 0 fully saturated rings. The lowest BCUT2D eigenvalue weighted by Crippen LogP contribution is -1.68. The average Bonchev–Trinajstić information content (AvgIpc) is 2.56. The number of hydrogen-bond donors (Lipinski definition) is 1. The molecule has 17 heavy (non-hydrogen) atoms. The van der Waals surface area contributed by atoms with Crippen molar-refractivity contribution in [3.05, 3.63) is 42.7 Å². The van der Waals surface area contributed by atoms with Crippen LogP contribution in [0.4, 0.5) is 0 Å². The molecule has 3 rings (SSSR count).